The van der Waals surface area contributed by atoms with Crippen LogP contribution in [0.25, 0.3) is 28.3 Å². The highest BCUT2D eigenvalue weighted by Crippen LogP contribution is 2.31. The zero-order valence-electron chi connectivity index (χ0n) is 18.5. The minimum absolute atomic E-state index is 0.811. The summed E-state index contributed by atoms with van der Waals surface area (Å²) in [4.78, 5) is 17.6. The van der Waals surface area contributed by atoms with Crippen molar-refractivity contribution in [1.82, 2.24) is 29.5 Å². The van der Waals surface area contributed by atoms with Gasteiger partial charge in [-0.3, -0.25) is 4.98 Å². The van der Waals surface area contributed by atoms with Gasteiger partial charge in [0, 0.05) is 36.1 Å². The van der Waals surface area contributed by atoms with Crippen LogP contribution in [0.3, 0.4) is 0 Å². The summed E-state index contributed by atoms with van der Waals surface area (Å²) >= 11 is 0. The van der Waals surface area contributed by atoms with Crippen LogP contribution >= 0.6 is 0 Å². The van der Waals surface area contributed by atoms with E-state index in [-0.39, 0.29) is 0 Å². The number of aryl methyl sites for hydroxylation is 4. The zero-order valence-corrected chi connectivity index (χ0v) is 18.5. The molecule has 5 heterocycles. The second-order valence-corrected chi connectivity index (χ2v) is 8.53. The largest absolute Gasteiger partial charge is 0.385 e. The van der Waals surface area contributed by atoms with Gasteiger partial charge in [-0.25, -0.2) is 14.5 Å². The van der Waals surface area contributed by atoms with Crippen LogP contribution in [-0.2, 0) is 19.3 Å². The summed E-state index contributed by atoms with van der Waals surface area (Å²) in [5.74, 6) is 0.954. The Morgan fingerprint density at radius 3 is 2.88 bits per heavy atom. The molecule has 164 valence electrons. The number of nitrogens with zero attached hydrogens (tertiary/aromatic N) is 5. The van der Waals surface area contributed by atoms with E-state index in [1.165, 1.54) is 23.2 Å². The molecule has 0 radical (unpaired) electrons. The lowest BCUT2D eigenvalue weighted by Gasteiger charge is -2.21. The second-order valence-electron chi connectivity index (χ2n) is 8.53. The van der Waals surface area contributed by atoms with E-state index in [0.717, 1.165) is 65.6 Å². The lowest BCUT2D eigenvalue weighted by Crippen LogP contribution is -2.14. The Morgan fingerprint density at radius 2 is 1.94 bits per heavy atom. The fourth-order valence-corrected chi connectivity index (χ4v) is 4.62. The molecule has 0 fully saturated rings. The number of benzene rings is 1. The fraction of sp³-hybridized carbons (Fsp3) is 0.231. The van der Waals surface area contributed by atoms with Gasteiger partial charge in [0.25, 0.3) is 0 Å². The third kappa shape index (κ3) is 3.75. The first kappa shape index (κ1) is 19.7. The molecule has 0 unspecified atom stereocenters. The van der Waals surface area contributed by atoms with E-state index < -0.39 is 0 Å². The Morgan fingerprint density at radius 1 is 1.00 bits per heavy atom. The smallest absolute Gasteiger partial charge is 0.155 e. The second kappa shape index (κ2) is 8.16. The van der Waals surface area contributed by atoms with Crippen molar-refractivity contribution in [2.75, 3.05) is 11.9 Å². The molecular weight excluding hydrogens is 410 g/mol. The average molecular weight is 436 g/mol. The van der Waals surface area contributed by atoms with Gasteiger partial charge in [-0.15, -0.1) is 0 Å². The number of imidazole rings is 1. The van der Waals surface area contributed by atoms with Crippen molar-refractivity contribution in [1.29, 1.82) is 0 Å². The Hall–Kier alpha value is -4.00. The fourth-order valence-electron chi connectivity index (χ4n) is 4.62. The van der Waals surface area contributed by atoms with E-state index in [1.54, 1.807) is 10.8 Å². The minimum atomic E-state index is 0.811. The van der Waals surface area contributed by atoms with Gasteiger partial charge in [-0.1, -0.05) is 24.3 Å². The van der Waals surface area contributed by atoms with Gasteiger partial charge in [0.15, 0.2) is 5.65 Å². The number of hydrogen-bond acceptors (Lipinski definition) is 5. The normalized spacial score (nSPS) is 13.1. The number of H-pyrrole nitrogens is 1. The van der Waals surface area contributed by atoms with Crippen molar-refractivity contribution in [2.24, 2.45) is 0 Å². The number of hydrogen-bond donors (Lipinski definition) is 2. The Labute approximate surface area is 192 Å². The summed E-state index contributed by atoms with van der Waals surface area (Å²) in [7, 11) is 0. The van der Waals surface area contributed by atoms with E-state index in [1.807, 2.05) is 43.5 Å². The van der Waals surface area contributed by atoms with Crippen LogP contribution in [0.2, 0.25) is 0 Å². The van der Waals surface area contributed by atoms with Crippen LogP contribution in [0, 0.1) is 6.92 Å². The molecule has 4 aromatic heterocycles. The molecule has 1 aliphatic heterocycles. The van der Waals surface area contributed by atoms with Crippen LogP contribution in [0.1, 0.15) is 29.1 Å². The Balaban J connectivity index is 1.38. The van der Waals surface area contributed by atoms with Gasteiger partial charge >= 0.3 is 0 Å². The molecule has 0 saturated carbocycles. The van der Waals surface area contributed by atoms with Crippen LogP contribution in [0.4, 0.5) is 5.69 Å². The van der Waals surface area contributed by atoms with Crippen LogP contribution in [0.15, 0.2) is 61.1 Å². The standard InChI is InChI=1S/C26H25N7/c1-17-5-2-9-21(30-17)26-25(20-11-13-23-28-16-29-33(23)15-20)31-22(32-26)12-10-19-7-3-6-18-8-4-14-27-24(18)19/h2-3,5-7,9,11,13,15-16,27H,4,8,10,12,14H2,1H3,(H,31,32). The van der Waals surface area contributed by atoms with E-state index >= 15 is 0 Å². The number of aromatic nitrogens is 6. The summed E-state index contributed by atoms with van der Waals surface area (Å²) in [5, 5.41) is 7.89. The quantitative estimate of drug-likeness (QED) is 0.420. The van der Waals surface area contributed by atoms with Crippen molar-refractivity contribution in [2.45, 2.75) is 32.6 Å². The Kier molecular flexibility index (Phi) is 4.87. The molecular formula is C26H25N7. The predicted octanol–water partition coefficient (Wildman–Crippen LogP) is 4.63. The molecule has 0 saturated heterocycles. The molecule has 1 aliphatic rings. The lowest BCUT2D eigenvalue weighted by molar-refractivity contribution is 0.815. The molecule has 33 heavy (non-hydrogen) atoms. The highest BCUT2D eigenvalue weighted by Gasteiger charge is 2.18. The van der Waals surface area contributed by atoms with E-state index in [2.05, 4.69) is 38.6 Å². The predicted molar refractivity (Wildman–Crippen MR) is 129 cm³/mol. The van der Waals surface area contributed by atoms with E-state index in [4.69, 9.17) is 9.97 Å². The van der Waals surface area contributed by atoms with E-state index in [9.17, 15) is 0 Å². The molecule has 0 bridgehead atoms. The number of pyridine rings is 2. The molecule has 0 atom stereocenters. The summed E-state index contributed by atoms with van der Waals surface area (Å²) < 4.78 is 1.78. The summed E-state index contributed by atoms with van der Waals surface area (Å²) in [6.45, 7) is 3.05. The van der Waals surface area contributed by atoms with Crippen LogP contribution in [-0.4, -0.2) is 36.1 Å². The third-order valence-electron chi connectivity index (χ3n) is 6.24. The van der Waals surface area contributed by atoms with Crippen molar-refractivity contribution in [3.05, 3.63) is 83.7 Å². The van der Waals surface area contributed by atoms with Crippen molar-refractivity contribution in [3.8, 4) is 22.6 Å². The highest BCUT2D eigenvalue weighted by molar-refractivity contribution is 5.77. The summed E-state index contributed by atoms with van der Waals surface area (Å²) in [6, 6.07) is 16.7. The summed E-state index contributed by atoms with van der Waals surface area (Å²) in [5.41, 5.74) is 9.56. The van der Waals surface area contributed by atoms with Crippen LogP contribution in [0.5, 0.6) is 0 Å². The maximum atomic E-state index is 5.03. The molecule has 2 N–H and O–H groups in total. The van der Waals surface area contributed by atoms with Crippen molar-refractivity contribution >= 4 is 11.3 Å². The SMILES string of the molecule is Cc1cccc(-c2[nH]c(CCc3cccc4c3NCCC4)nc2-c2ccc3ncnn3c2)n1. The molecule has 0 spiro atoms. The van der Waals surface area contributed by atoms with Crippen LogP contribution < -0.4 is 5.32 Å². The van der Waals surface area contributed by atoms with Crippen molar-refractivity contribution in [3.63, 3.8) is 0 Å². The monoisotopic (exact) mass is 435 g/mol. The molecule has 6 rings (SSSR count). The molecule has 0 amide bonds. The first-order valence-corrected chi connectivity index (χ1v) is 11.4. The molecule has 7 nitrogen and oxygen atoms in total. The highest BCUT2D eigenvalue weighted by atomic mass is 15.3. The molecule has 5 aromatic rings. The van der Waals surface area contributed by atoms with Crippen molar-refractivity contribution < 1.29 is 0 Å². The zero-order chi connectivity index (χ0) is 22.2. The summed E-state index contributed by atoms with van der Waals surface area (Å²) in [6.07, 6.45) is 7.62. The maximum absolute atomic E-state index is 5.03. The number of para-hydroxylation sites is 1. The van der Waals surface area contributed by atoms with Gasteiger partial charge in [-0.05, 0) is 61.6 Å². The van der Waals surface area contributed by atoms with Gasteiger partial charge in [0.2, 0.25) is 0 Å². The molecule has 7 heteroatoms. The lowest BCUT2D eigenvalue weighted by atomic mass is 9.97. The van der Waals surface area contributed by atoms with Gasteiger partial charge in [0.05, 0.1) is 17.1 Å². The number of aromatic amines is 1. The molecule has 1 aromatic carbocycles. The van der Waals surface area contributed by atoms with E-state index in [0.29, 0.717) is 0 Å². The average Bonchev–Trinajstić information content (AvgIpc) is 3.49. The number of rotatable bonds is 5. The number of anilines is 1. The number of nitrogens with one attached hydrogen (secondary N) is 2. The Bertz CT molecular complexity index is 1450. The first-order chi connectivity index (χ1) is 16.2. The topological polar surface area (TPSA) is 83.8 Å². The van der Waals surface area contributed by atoms with Gasteiger partial charge < -0.3 is 10.3 Å². The minimum Gasteiger partial charge on any atom is -0.385 e. The molecule has 0 aliphatic carbocycles. The maximum Gasteiger partial charge on any atom is 0.155 e. The van der Waals surface area contributed by atoms with Gasteiger partial charge in [0.1, 0.15) is 12.2 Å². The number of fused-ring (bicyclic) bond motifs is 2. The van der Waals surface area contributed by atoms with Gasteiger partial charge in [-0.2, -0.15) is 5.10 Å². The third-order valence-corrected chi connectivity index (χ3v) is 6.24. The first-order valence-electron chi connectivity index (χ1n) is 11.4.